The molecule has 1 atom stereocenters. The zero-order valence-corrected chi connectivity index (χ0v) is 17.1. The van der Waals surface area contributed by atoms with Crippen molar-refractivity contribution >= 4 is 23.6 Å². The van der Waals surface area contributed by atoms with Gasteiger partial charge in [-0.1, -0.05) is 6.07 Å². The number of carbonyl (C=O) groups is 4. The maximum atomic E-state index is 13.0. The van der Waals surface area contributed by atoms with Crippen LogP contribution in [0.2, 0.25) is 0 Å². The molecule has 2 heterocycles. The number of fused-ring (bicyclic) bond motifs is 1. The maximum Gasteiger partial charge on any atom is 0.254 e. The Morgan fingerprint density at radius 3 is 2.59 bits per heavy atom. The molecule has 2 aliphatic heterocycles. The zero-order chi connectivity index (χ0) is 21.2. The molecule has 2 aliphatic rings. The van der Waals surface area contributed by atoms with Gasteiger partial charge in [0.15, 0.2) is 0 Å². The first kappa shape index (κ1) is 20.8. The second-order valence-electron chi connectivity index (χ2n) is 7.58. The average Bonchev–Trinajstić information content (AvgIpc) is 3.00. The van der Waals surface area contributed by atoms with Crippen LogP contribution in [0.3, 0.4) is 0 Å². The number of hydrogen-bond acceptors (Lipinski definition) is 5. The molecule has 156 valence electrons. The van der Waals surface area contributed by atoms with Gasteiger partial charge >= 0.3 is 0 Å². The van der Waals surface area contributed by atoms with E-state index in [-0.39, 0.29) is 43.5 Å². The average molecular weight is 401 g/mol. The highest BCUT2D eigenvalue weighted by molar-refractivity contribution is 6.03. The van der Waals surface area contributed by atoms with Gasteiger partial charge in [0.2, 0.25) is 17.7 Å². The Hall–Kier alpha value is -2.90. The van der Waals surface area contributed by atoms with Gasteiger partial charge in [-0.2, -0.15) is 0 Å². The lowest BCUT2D eigenvalue weighted by atomic mass is 9.75. The second-order valence-corrected chi connectivity index (χ2v) is 7.58. The van der Waals surface area contributed by atoms with Crippen LogP contribution in [-0.2, 0) is 20.9 Å². The van der Waals surface area contributed by atoms with Crippen LogP contribution < -0.4 is 10.1 Å². The summed E-state index contributed by atoms with van der Waals surface area (Å²) in [6, 6.07) is 5.32. The van der Waals surface area contributed by atoms with Crippen molar-refractivity contribution in [2.24, 2.45) is 5.41 Å². The Labute approximate surface area is 170 Å². The third-order valence-corrected chi connectivity index (χ3v) is 5.86. The fourth-order valence-electron chi connectivity index (χ4n) is 4.10. The molecule has 0 spiro atoms. The van der Waals surface area contributed by atoms with E-state index in [4.69, 9.17) is 4.74 Å². The number of nitrogens with one attached hydrogen (secondary N) is 1. The lowest BCUT2D eigenvalue weighted by Crippen LogP contribution is -2.55. The Bertz CT molecular complexity index is 849. The van der Waals surface area contributed by atoms with Crippen molar-refractivity contribution in [1.82, 2.24) is 15.1 Å². The minimum Gasteiger partial charge on any atom is -0.497 e. The van der Waals surface area contributed by atoms with E-state index in [1.54, 1.807) is 21.9 Å². The van der Waals surface area contributed by atoms with E-state index in [1.807, 2.05) is 19.9 Å². The predicted octanol–water partition coefficient (Wildman–Crippen LogP) is 1.33. The molecule has 0 aromatic heterocycles. The summed E-state index contributed by atoms with van der Waals surface area (Å²) in [7, 11) is 1.54. The standard InChI is InChI=1S/C21H27N3O5/c1-4-23(5-2)18(26)11-21(9-8-17(25)22-20(21)28)13-24-12-14-6-7-15(29-3)10-16(14)19(24)27/h6-7,10H,4-5,8-9,11-13H2,1-3H3,(H,22,25,28). The summed E-state index contributed by atoms with van der Waals surface area (Å²) >= 11 is 0. The van der Waals surface area contributed by atoms with Crippen LogP contribution in [0.25, 0.3) is 0 Å². The van der Waals surface area contributed by atoms with E-state index in [0.29, 0.717) is 30.9 Å². The molecule has 4 amide bonds. The molecule has 3 rings (SSSR count). The quantitative estimate of drug-likeness (QED) is 0.696. The summed E-state index contributed by atoms with van der Waals surface area (Å²) in [6.45, 7) is 5.30. The molecule has 1 aromatic carbocycles. The summed E-state index contributed by atoms with van der Waals surface area (Å²) in [6.07, 6.45) is 0.367. The first-order valence-electron chi connectivity index (χ1n) is 9.91. The largest absolute Gasteiger partial charge is 0.497 e. The van der Waals surface area contributed by atoms with E-state index < -0.39 is 11.3 Å². The number of rotatable bonds is 7. The van der Waals surface area contributed by atoms with E-state index in [2.05, 4.69) is 5.32 Å². The van der Waals surface area contributed by atoms with Crippen molar-refractivity contribution in [3.05, 3.63) is 29.3 Å². The van der Waals surface area contributed by atoms with Crippen molar-refractivity contribution in [3.63, 3.8) is 0 Å². The van der Waals surface area contributed by atoms with E-state index in [1.165, 1.54) is 7.11 Å². The third kappa shape index (κ3) is 3.97. The summed E-state index contributed by atoms with van der Waals surface area (Å²) in [5, 5.41) is 2.37. The van der Waals surface area contributed by atoms with Gasteiger partial charge in [0.1, 0.15) is 5.75 Å². The third-order valence-electron chi connectivity index (χ3n) is 5.86. The van der Waals surface area contributed by atoms with Crippen LogP contribution in [0.5, 0.6) is 5.75 Å². The maximum absolute atomic E-state index is 13.0. The monoisotopic (exact) mass is 401 g/mol. The lowest BCUT2D eigenvalue weighted by molar-refractivity contribution is -0.148. The van der Waals surface area contributed by atoms with E-state index >= 15 is 0 Å². The van der Waals surface area contributed by atoms with Crippen molar-refractivity contribution in [1.29, 1.82) is 0 Å². The lowest BCUT2D eigenvalue weighted by Gasteiger charge is -2.38. The van der Waals surface area contributed by atoms with Gasteiger partial charge < -0.3 is 14.5 Å². The highest BCUT2D eigenvalue weighted by Crippen LogP contribution is 2.37. The molecule has 1 fully saturated rings. The van der Waals surface area contributed by atoms with Crippen LogP contribution in [0, 0.1) is 5.41 Å². The van der Waals surface area contributed by atoms with Crippen LogP contribution >= 0.6 is 0 Å². The summed E-state index contributed by atoms with van der Waals surface area (Å²) < 4.78 is 5.20. The number of piperidine rings is 1. The molecule has 1 aromatic rings. The number of carbonyl (C=O) groups excluding carboxylic acids is 4. The fourth-order valence-corrected chi connectivity index (χ4v) is 4.10. The van der Waals surface area contributed by atoms with Gasteiger partial charge in [-0.25, -0.2) is 0 Å². The minimum atomic E-state index is -1.12. The van der Waals surface area contributed by atoms with Gasteiger partial charge in [0.25, 0.3) is 5.91 Å². The van der Waals surface area contributed by atoms with Crippen molar-refractivity contribution in [3.8, 4) is 5.75 Å². The van der Waals surface area contributed by atoms with Gasteiger partial charge in [0, 0.05) is 44.6 Å². The van der Waals surface area contributed by atoms with Crippen LogP contribution in [-0.4, -0.2) is 60.2 Å². The Balaban J connectivity index is 1.86. The van der Waals surface area contributed by atoms with Gasteiger partial charge in [-0.05, 0) is 38.0 Å². The number of hydrogen-bond donors (Lipinski definition) is 1. The number of benzene rings is 1. The molecule has 8 nitrogen and oxygen atoms in total. The summed E-state index contributed by atoms with van der Waals surface area (Å²) in [5.41, 5.74) is 0.283. The minimum absolute atomic E-state index is 0.0305. The van der Waals surface area contributed by atoms with Crippen molar-refractivity contribution in [2.45, 2.75) is 39.7 Å². The molecular formula is C21H27N3O5. The highest BCUT2D eigenvalue weighted by Gasteiger charge is 2.47. The van der Waals surface area contributed by atoms with Crippen molar-refractivity contribution < 1.29 is 23.9 Å². The molecule has 1 saturated heterocycles. The Kier molecular flexibility index (Phi) is 5.91. The summed E-state index contributed by atoms with van der Waals surface area (Å²) in [5.74, 6) is -0.577. The second kappa shape index (κ2) is 8.23. The van der Waals surface area contributed by atoms with Crippen LogP contribution in [0.4, 0.5) is 0 Å². The number of nitrogens with zero attached hydrogens (tertiary/aromatic N) is 2. The molecule has 8 heteroatoms. The predicted molar refractivity (Wildman–Crippen MR) is 105 cm³/mol. The van der Waals surface area contributed by atoms with E-state index in [0.717, 1.165) is 5.56 Å². The number of methoxy groups -OCH3 is 1. The molecule has 0 aliphatic carbocycles. The first-order valence-corrected chi connectivity index (χ1v) is 9.91. The molecule has 0 radical (unpaired) electrons. The van der Waals surface area contributed by atoms with Gasteiger partial charge in [0.05, 0.1) is 12.5 Å². The Morgan fingerprint density at radius 1 is 1.24 bits per heavy atom. The van der Waals surface area contributed by atoms with E-state index in [9.17, 15) is 19.2 Å². The van der Waals surface area contributed by atoms with Gasteiger partial charge in [-0.3, -0.25) is 24.5 Å². The first-order chi connectivity index (χ1) is 13.8. The molecule has 1 N–H and O–H groups in total. The number of ether oxygens (including phenoxy) is 1. The molecule has 29 heavy (non-hydrogen) atoms. The van der Waals surface area contributed by atoms with Crippen LogP contribution in [0.1, 0.15) is 49.0 Å². The van der Waals surface area contributed by atoms with Crippen LogP contribution in [0.15, 0.2) is 18.2 Å². The summed E-state index contributed by atoms with van der Waals surface area (Å²) in [4.78, 5) is 53.6. The molecule has 0 saturated carbocycles. The van der Waals surface area contributed by atoms with Gasteiger partial charge in [-0.15, -0.1) is 0 Å². The zero-order valence-electron chi connectivity index (χ0n) is 17.1. The topological polar surface area (TPSA) is 96.0 Å². The smallest absolute Gasteiger partial charge is 0.254 e. The highest BCUT2D eigenvalue weighted by atomic mass is 16.5. The number of imide groups is 1. The van der Waals surface area contributed by atoms with Crippen molar-refractivity contribution in [2.75, 3.05) is 26.7 Å². The number of amides is 4. The molecule has 0 bridgehead atoms. The SMILES string of the molecule is CCN(CC)C(=O)CC1(CN2Cc3ccc(OC)cc3C2=O)CCC(=O)NC1=O. The fraction of sp³-hybridized carbons (Fsp3) is 0.524. The Morgan fingerprint density at radius 2 is 1.97 bits per heavy atom. The normalized spacial score (nSPS) is 21.1. The molecule has 1 unspecified atom stereocenters. The molecular weight excluding hydrogens is 374 g/mol.